The summed E-state index contributed by atoms with van der Waals surface area (Å²) in [7, 11) is 1.63. The fourth-order valence-electron chi connectivity index (χ4n) is 9.86. The molecule has 2 aliphatic rings. The molecule has 2 atom stereocenters. The minimum absolute atomic E-state index is 0.0303. The molecule has 64 heavy (non-hydrogen) atoms. The SMILES string of the molecule is COC1=C(c2ccc3cc(N(c4ccc(C(C)(C)C)cc4)c4ccc(C(C)(C)C)cc4)ccc3c2O)C([O-])C1c1ccc2cccc3c2c1NC(C)(C)N3c1ccc(C(C)(C)C)cc1. The number of anilines is 6. The molecule has 2 N–H and O–H groups in total. The van der Waals surface area contributed by atoms with Crippen molar-refractivity contribution in [2.45, 2.75) is 110 Å². The van der Waals surface area contributed by atoms with E-state index in [1.54, 1.807) is 7.11 Å². The Kier molecular flexibility index (Phi) is 10.2. The first-order valence-corrected chi connectivity index (χ1v) is 22.6. The first kappa shape index (κ1) is 43.0. The Balaban J connectivity index is 1.09. The molecule has 7 aromatic carbocycles. The molecule has 7 aromatic rings. The number of aromatic hydroxyl groups is 1. The van der Waals surface area contributed by atoms with Crippen LogP contribution < -0.4 is 20.2 Å². The second-order valence-electron chi connectivity index (χ2n) is 21.4. The third kappa shape index (κ3) is 7.26. The lowest BCUT2D eigenvalue weighted by molar-refractivity contribution is -0.410. The summed E-state index contributed by atoms with van der Waals surface area (Å²) in [6, 6.07) is 47.1. The third-order valence-corrected chi connectivity index (χ3v) is 13.5. The van der Waals surface area contributed by atoms with Gasteiger partial charge >= 0.3 is 0 Å². The van der Waals surface area contributed by atoms with Crippen molar-refractivity contribution in [2.75, 3.05) is 22.2 Å². The van der Waals surface area contributed by atoms with Crippen molar-refractivity contribution in [3.8, 4) is 5.75 Å². The van der Waals surface area contributed by atoms with Crippen LogP contribution in [0.4, 0.5) is 34.1 Å². The first-order valence-electron chi connectivity index (χ1n) is 22.6. The van der Waals surface area contributed by atoms with Gasteiger partial charge in [0.25, 0.3) is 0 Å². The van der Waals surface area contributed by atoms with Crippen molar-refractivity contribution in [3.05, 3.63) is 167 Å². The minimum atomic E-state index is -1.16. The summed E-state index contributed by atoms with van der Waals surface area (Å²) in [4.78, 5) is 4.62. The summed E-state index contributed by atoms with van der Waals surface area (Å²) in [6.45, 7) is 24.4. The van der Waals surface area contributed by atoms with Gasteiger partial charge in [-0.1, -0.05) is 141 Å². The quantitative estimate of drug-likeness (QED) is 0.166. The molecule has 0 aromatic heterocycles. The molecular weight excluding hydrogens is 787 g/mol. The number of ether oxygens (including phenoxy) is 1. The number of rotatable bonds is 7. The van der Waals surface area contributed by atoms with Gasteiger partial charge in [0, 0.05) is 50.7 Å². The highest BCUT2D eigenvalue weighted by Gasteiger charge is 2.42. The van der Waals surface area contributed by atoms with Gasteiger partial charge in [0.05, 0.1) is 12.8 Å². The van der Waals surface area contributed by atoms with E-state index >= 15 is 0 Å². The fourth-order valence-corrected chi connectivity index (χ4v) is 9.86. The van der Waals surface area contributed by atoms with Gasteiger partial charge in [0.15, 0.2) is 0 Å². The van der Waals surface area contributed by atoms with Gasteiger partial charge < -0.3 is 30.1 Å². The minimum Gasteiger partial charge on any atom is -0.848 e. The van der Waals surface area contributed by atoms with Crippen molar-refractivity contribution in [2.24, 2.45) is 0 Å². The number of hydrogen-bond donors (Lipinski definition) is 2. The van der Waals surface area contributed by atoms with Gasteiger partial charge in [0.1, 0.15) is 17.2 Å². The van der Waals surface area contributed by atoms with Gasteiger partial charge in [-0.3, -0.25) is 0 Å². The maximum atomic E-state index is 14.7. The van der Waals surface area contributed by atoms with Gasteiger partial charge in [0.2, 0.25) is 0 Å². The Hall–Kier alpha value is -6.24. The van der Waals surface area contributed by atoms with E-state index in [1.807, 2.05) is 18.2 Å². The number of phenols is 1. The Morgan fingerprint density at radius 2 is 1.17 bits per heavy atom. The molecule has 1 aliphatic heterocycles. The van der Waals surface area contributed by atoms with Crippen LogP contribution in [0.1, 0.15) is 110 Å². The van der Waals surface area contributed by atoms with Crippen LogP contribution in [-0.4, -0.2) is 24.0 Å². The van der Waals surface area contributed by atoms with Crippen molar-refractivity contribution >= 4 is 61.2 Å². The average molecular weight is 849 g/mol. The molecule has 0 spiro atoms. The number of nitrogens with one attached hydrogen (secondary N) is 1. The highest BCUT2D eigenvalue weighted by molar-refractivity contribution is 6.09. The number of hydrogen-bond acceptors (Lipinski definition) is 6. The molecule has 1 aliphatic carbocycles. The average Bonchev–Trinajstić information content (AvgIpc) is 3.24. The molecule has 0 saturated carbocycles. The van der Waals surface area contributed by atoms with E-state index in [0.29, 0.717) is 22.3 Å². The molecule has 0 radical (unpaired) electrons. The molecular formula is C58H62N3O3-. The number of fused-ring (bicyclic) bond motifs is 1. The zero-order chi connectivity index (χ0) is 45.7. The lowest BCUT2D eigenvalue weighted by Gasteiger charge is -2.50. The fraction of sp³-hybridized carbons (Fsp3) is 0.310. The van der Waals surface area contributed by atoms with Crippen molar-refractivity contribution < 1.29 is 14.9 Å². The van der Waals surface area contributed by atoms with Crippen LogP contribution in [0.5, 0.6) is 5.75 Å². The topological polar surface area (TPSA) is 71.0 Å². The molecule has 9 rings (SSSR count). The normalized spacial score (nSPS) is 17.4. The molecule has 2 unspecified atom stereocenters. The van der Waals surface area contributed by atoms with Gasteiger partial charge in [-0.25, -0.2) is 0 Å². The van der Waals surface area contributed by atoms with Crippen LogP contribution in [0, 0.1) is 0 Å². The van der Waals surface area contributed by atoms with E-state index in [2.05, 4.69) is 207 Å². The van der Waals surface area contributed by atoms with Crippen LogP contribution in [0.15, 0.2) is 139 Å². The summed E-state index contributed by atoms with van der Waals surface area (Å²) in [6.07, 6.45) is -1.16. The van der Waals surface area contributed by atoms with Crippen LogP contribution in [-0.2, 0) is 21.0 Å². The predicted molar refractivity (Wildman–Crippen MR) is 267 cm³/mol. The lowest BCUT2D eigenvalue weighted by atomic mass is 9.71. The molecule has 6 heteroatoms. The van der Waals surface area contributed by atoms with Crippen molar-refractivity contribution in [1.82, 2.24) is 0 Å². The first-order chi connectivity index (χ1) is 30.2. The summed E-state index contributed by atoms with van der Waals surface area (Å²) in [5, 5.41) is 34.3. The largest absolute Gasteiger partial charge is 0.848 e. The van der Waals surface area contributed by atoms with Crippen LogP contribution in [0.3, 0.4) is 0 Å². The summed E-state index contributed by atoms with van der Waals surface area (Å²) < 4.78 is 6.13. The van der Waals surface area contributed by atoms with Crippen molar-refractivity contribution in [1.29, 1.82) is 0 Å². The molecule has 1 heterocycles. The summed E-state index contributed by atoms with van der Waals surface area (Å²) in [5.41, 5.74) is 11.5. The molecule has 0 fully saturated rings. The zero-order valence-corrected chi connectivity index (χ0v) is 39.5. The van der Waals surface area contributed by atoms with E-state index in [-0.39, 0.29) is 22.0 Å². The van der Waals surface area contributed by atoms with E-state index in [1.165, 1.54) is 16.7 Å². The lowest BCUT2D eigenvalue weighted by Crippen LogP contribution is -2.50. The number of phenolic OH excluding ortho intramolecular Hbond substituents is 1. The highest BCUT2D eigenvalue weighted by Crippen LogP contribution is 2.55. The van der Waals surface area contributed by atoms with E-state index in [4.69, 9.17) is 4.74 Å². The van der Waals surface area contributed by atoms with Crippen molar-refractivity contribution in [3.63, 3.8) is 0 Å². The standard InChI is InChI=1S/C58H62N3O3/c1-55(2,3)37-18-24-40(25-19-37)60(41-26-20-38(21-27-41)56(4,5)6)43-30-33-44-36(34-43)17-32-46(52(44)62)50-53(63)49(54(50)64-12)45-31-16-35-14-13-15-47-48(35)51(45)59-58(10,11)61(47)42-28-22-39(23-29-42)57(7,8)9/h13-34,49,53,59,62H,1-12H3/q-1. The second-order valence-corrected chi connectivity index (χ2v) is 21.4. The van der Waals surface area contributed by atoms with Crippen LogP contribution >= 0.6 is 0 Å². The Bertz CT molecular complexity index is 2890. The van der Waals surface area contributed by atoms with E-state index in [0.717, 1.165) is 55.8 Å². The van der Waals surface area contributed by atoms with E-state index in [9.17, 15) is 10.2 Å². The molecule has 0 amide bonds. The third-order valence-electron chi connectivity index (χ3n) is 13.5. The predicted octanol–water partition coefficient (Wildman–Crippen LogP) is 14.2. The van der Waals surface area contributed by atoms with Gasteiger partial charge in [-0.2, -0.15) is 0 Å². The van der Waals surface area contributed by atoms with E-state index < -0.39 is 17.7 Å². The maximum Gasteiger partial charge on any atom is 0.130 e. The Labute approximate surface area is 379 Å². The maximum absolute atomic E-state index is 14.7. The number of methoxy groups -OCH3 is 1. The van der Waals surface area contributed by atoms with Gasteiger partial charge in [-0.15, -0.1) is 0 Å². The van der Waals surface area contributed by atoms with Gasteiger partial charge in [-0.05, 0) is 129 Å². The second kappa shape index (κ2) is 15.2. The molecule has 0 saturated heterocycles. The number of benzene rings is 7. The molecule has 6 nitrogen and oxygen atoms in total. The van der Waals surface area contributed by atoms with Crippen LogP contribution in [0.25, 0.3) is 27.1 Å². The van der Waals surface area contributed by atoms with Crippen LogP contribution in [0.2, 0.25) is 0 Å². The zero-order valence-electron chi connectivity index (χ0n) is 39.5. The summed E-state index contributed by atoms with van der Waals surface area (Å²) in [5.74, 6) is 0.120. The Morgan fingerprint density at radius 1 is 0.641 bits per heavy atom. The Morgan fingerprint density at radius 3 is 1.72 bits per heavy atom. The number of nitrogens with zero attached hydrogens (tertiary/aromatic N) is 2. The smallest absolute Gasteiger partial charge is 0.130 e. The highest BCUT2D eigenvalue weighted by atomic mass is 16.5. The monoisotopic (exact) mass is 848 g/mol. The molecule has 0 bridgehead atoms. The molecule has 328 valence electrons. The summed E-state index contributed by atoms with van der Waals surface area (Å²) >= 11 is 0.